The van der Waals surface area contributed by atoms with Crippen LogP contribution in [0.2, 0.25) is 0 Å². The number of fused-ring (bicyclic) bond motifs is 1. The summed E-state index contributed by atoms with van der Waals surface area (Å²) in [5, 5.41) is 12.2. The van der Waals surface area contributed by atoms with E-state index < -0.39 is 5.97 Å². The van der Waals surface area contributed by atoms with Gasteiger partial charge in [0.05, 0.1) is 30.5 Å². The summed E-state index contributed by atoms with van der Waals surface area (Å²) in [6, 6.07) is 2.77. The van der Waals surface area contributed by atoms with Gasteiger partial charge in [-0.2, -0.15) is 0 Å². The largest absolute Gasteiger partial charge is 0.477 e. The average molecular weight is 330 g/mol. The Kier molecular flexibility index (Phi) is 4.57. The Labute approximate surface area is 138 Å². The van der Waals surface area contributed by atoms with Crippen LogP contribution in [-0.2, 0) is 17.9 Å². The predicted molar refractivity (Wildman–Crippen MR) is 83.6 cm³/mol. The molecule has 0 saturated heterocycles. The molecule has 2 aromatic rings. The maximum Gasteiger partial charge on any atom is 0.352 e. The molecule has 0 radical (unpaired) electrons. The zero-order valence-corrected chi connectivity index (χ0v) is 13.2. The number of aromatic carboxylic acids is 1. The highest BCUT2D eigenvalue weighted by molar-refractivity contribution is 5.99. The van der Waals surface area contributed by atoms with Crippen LogP contribution < -0.4 is 5.32 Å². The third kappa shape index (κ3) is 3.00. The Morgan fingerprint density at radius 1 is 1.42 bits per heavy atom. The minimum absolute atomic E-state index is 0.0995. The molecule has 0 fully saturated rings. The van der Waals surface area contributed by atoms with Crippen molar-refractivity contribution in [2.24, 2.45) is 0 Å². The summed E-state index contributed by atoms with van der Waals surface area (Å²) in [7, 11) is 0. The van der Waals surface area contributed by atoms with E-state index in [1.54, 1.807) is 23.0 Å². The minimum Gasteiger partial charge on any atom is -0.477 e. The van der Waals surface area contributed by atoms with E-state index in [4.69, 9.17) is 4.74 Å². The summed E-state index contributed by atoms with van der Waals surface area (Å²) in [5.74, 6) is -0.886. The van der Waals surface area contributed by atoms with Gasteiger partial charge >= 0.3 is 5.97 Å². The summed E-state index contributed by atoms with van der Waals surface area (Å²) in [6.45, 7) is 2.98. The van der Waals surface area contributed by atoms with Crippen molar-refractivity contribution < 1.29 is 19.4 Å². The molecule has 3 heterocycles. The molecule has 8 heteroatoms. The van der Waals surface area contributed by atoms with Crippen LogP contribution in [0.4, 0.5) is 0 Å². The van der Waals surface area contributed by atoms with Crippen LogP contribution in [0.3, 0.4) is 0 Å². The van der Waals surface area contributed by atoms with Gasteiger partial charge in [0.15, 0.2) is 0 Å². The molecule has 0 unspecified atom stereocenters. The molecule has 1 atom stereocenters. The van der Waals surface area contributed by atoms with Crippen molar-refractivity contribution in [1.29, 1.82) is 0 Å². The van der Waals surface area contributed by atoms with Gasteiger partial charge in [0, 0.05) is 18.9 Å². The third-order valence-electron chi connectivity index (χ3n) is 3.98. The smallest absolute Gasteiger partial charge is 0.352 e. The maximum absolute atomic E-state index is 12.7. The van der Waals surface area contributed by atoms with Crippen LogP contribution >= 0.6 is 0 Å². The highest BCUT2D eigenvalue weighted by Crippen LogP contribution is 2.22. The summed E-state index contributed by atoms with van der Waals surface area (Å²) >= 11 is 0. The van der Waals surface area contributed by atoms with Gasteiger partial charge in [-0.1, -0.05) is 6.92 Å². The molecule has 8 nitrogen and oxygen atoms in total. The average Bonchev–Trinajstić information content (AvgIpc) is 3.00. The SMILES string of the molecule is CC[C@@H](NC(=O)c1cc(C(=O)O)n2c1COCC2)c1ncccn1. The highest BCUT2D eigenvalue weighted by atomic mass is 16.5. The lowest BCUT2D eigenvalue weighted by Gasteiger charge is -2.19. The monoisotopic (exact) mass is 330 g/mol. The number of carboxylic acids is 1. The van der Waals surface area contributed by atoms with E-state index in [0.29, 0.717) is 36.7 Å². The lowest BCUT2D eigenvalue weighted by atomic mass is 10.1. The molecule has 24 heavy (non-hydrogen) atoms. The molecule has 1 aliphatic rings. The quantitative estimate of drug-likeness (QED) is 0.858. The fraction of sp³-hybridized carbons (Fsp3) is 0.375. The van der Waals surface area contributed by atoms with Crippen LogP contribution in [0.25, 0.3) is 0 Å². The fourth-order valence-corrected chi connectivity index (χ4v) is 2.77. The molecule has 0 bridgehead atoms. The number of rotatable bonds is 5. The number of nitrogens with one attached hydrogen (secondary N) is 1. The molecule has 126 valence electrons. The molecule has 0 aliphatic carbocycles. The van der Waals surface area contributed by atoms with Gasteiger partial charge < -0.3 is 19.7 Å². The van der Waals surface area contributed by atoms with Gasteiger partial charge in [-0.3, -0.25) is 4.79 Å². The number of nitrogens with zero attached hydrogens (tertiary/aromatic N) is 3. The standard InChI is InChI=1S/C16H18N4O4/c1-2-11(14-17-4-3-5-18-14)19-15(21)10-8-12(16(22)23)20-6-7-24-9-13(10)20/h3-5,8,11H,2,6-7,9H2,1H3,(H,19,21)(H,22,23)/t11-/m1/s1. The van der Waals surface area contributed by atoms with Crippen LogP contribution in [0.1, 0.15) is 51.8 Å². The molecule has 1 aliphatic heterocycles. The second-order valence-corrected chi connectivity index (χ2v) is 5.44. The predicted octanol–water partition coefficient (Wildman–Crippen LogP) is 1.39. The fourth-order valence-electron chi connectivity index (χ4n) is 2.77. The summed E-state index contributed by atoms with van der Waals surface area (Å²) in [4.78, 5) is 32.4. The zero-order chi connectivity index (χ0) is 17.1. The van der Waals surface area contributed by atoms with Crippen LogP contribution in [0.15, 0.2) is 24.5 Å². The van der Waals surface area contributed by atoms with Gasteiger partial charge in [-0.25, -0.2) is 14.8 Å². The molecular weight excluding hydrogens is 312 g/mol. The van der Waals surface area contributed by atoms with E-state index in [1.807, 2.05) is 6.92 Å². The number of carbonyl (C=O) groups excluding carboxylic acids is 1. The second-order valence-electron chi connectivity index (χ2n) is 5.44. The van der Waals surface area contributed by atoms with Crippen molar-refractivity contribution in [2.45, 2.75) is 32.5 Å². The minimum atomic E-state index is -1.06. The normalized spacial score (nSPS) is 14.7. The first-order valence-electron chi connectivity index (χ1n) is 7.73. The Morgan fingerprint density at radius 2 is 2.17 bits per heavy atom. The molecule has 3 rings (SSSR count). The van der Waals surface area contributed by atoms with Gasteiger partial charge in [0.25, 0.3) is 5.91 Å². The molecular formula is C16H18N4O4. The first-order chi connectivity index (χ1) is 11.6. The van der Waals surface area contributed by atoms with Crippen molar-refractivity contribution >= 4 is 11.9 Å². The number of amides is 1. The van der Waals surface area contributed by atoms with E-state index in [9.17, 15) is 14.7 Å². The highest BCUT2D eigenvalue weighted by Gasteiger charge is 2.27. The van der Waals surface area contributed by atoms with E-state index in [2.05, 4.69) is 15.3 Å². The summed E-state index contributed by atoms with van der Waals surface area (Å²) in [5.41, 5.74) is 1.00. The first kappa shape index (κ1) is 16.1. The number of carbonyl (C=O) groups is 2. The van der Waals surface area contributed by atoms with Gasteiger partial charge in [0.2, 0.25) is 0 Å². The Balaban J connectivity index is 1.88. The van der Waals surface area contributed by atoms with Crippen LogP contribution in [0, 0.1) is 0 Å². The first-order valence-corrected chi connectivity index (χ1v) is 7.73. The topological polar surface area (TPSA) is 106 Å². The van der Waals surface area contributed by atoms with Gasteiger partial charge in [0.1, 0.15) is 11.5 Å². The molecule has 1 amide bonds. The van der Waals surface area contributed by atoms with Gasteiger partial charge in [-0.05, 0) is 18.6 Å². The number of ether oxygens (including phenoxy) is 1. The van der Waals surface area contributed by atoms with Crippen molar-refractivity contribution in [3.8, 4) is 0 Å². The van der Waals surface area contributed by atoms with Gasteiger partial charge in [-0.15, -0.1) is 0 Å². The number of hydrogen-bond acceptors (Lipinski definition) is 5. The van der Waals surface area contributed by atoms with Crippen molar-refractivity contribution in [3.05, 3.63) is 47.3 Å². The lowest BCUT2D eigenvalue weighted by Crippen LogP contribution is -2.30. The van der Waals surface area contributed by atoms with Crippen LogP contribution in [0.5, 0.6) is 0 Å². The van der Waals surface area contributed by atoms with E-state index in [0.717, 1.165) is 0 Å². The molecule has 0 aromatic carbocycles. The Bertz CT molecular complexity index is 757. The van der Waals surface area contributed by atoms with Crippen molar-refractivity contribution in [1.82, 2.24) is 19.9 Å². The van der Waals surface area contributed by atoms with E-state index >= 15 is 0 Å². The molecule has 2 aromatic heterocycles. The number of hydrogen-bond donors (Lipinski definition) is 2. The molecule has 2 N–H and O–H groups in total. The lowest BCUT2D eigenvalue weighted by molar-refractivity contribution is 0.0642. The second kappa shape index (κ2) is 6.79. The number of aromatic nitrogens is 3. The molecule has 0 saturated carbocycles. The van der Waals surface area contributed by atoms with Crippen molar-refractivity contribution in [3.63, 3.8) is 0 Å². The van der Waals surface area contributed by atoms with E-state index in [1.165, 1.54) is 6.07 Å². The number of carboxylic acid groups (broad SMARTS) is 1. The van der Waals surface area contributed by atoms with E-state index in [-0.39, 0.29) is 24.2 Å². The zero-order valence-electron chi connectivity index (χ0n) is 13.2. The third-order valence-corrected chi connectivity index (χ3v) is 3.98. The van der Waals surface area contributed by atoms with Crippen molar-refractivity contribution in [2.75, 3.05) is 6.61 Å². The summed E-state index contributed by atoms with van der Waals surface area (Å²) in [6.07, 6.45) is 3.86. The molecule has 0 spiro atoms. The Morgan fingerprint density at radius 3 is 2.83 bits per heavy atom. The summed E-state index contributed by atoms with van der Waals surface area (Å²) < 4.78 is 7.00. The Hall–Kier alpha value is -2.74. The van der Waals surface area contributed by atoms with Crippen LogP contribution in [-0.4, -0.2) is 38.1 Å². The maximum atomic E-state index is 12.7.